The minimum atomic E-state index is 0.244. The fourth-order valence-corrected chi connectivity index (χ4v) is 3.24. The lowest BCUT2D eigenvalue weighted by molar-refractivity contribution is -0.00290. The molecule has 2 rings (SSSR count). The van der Waals surface area contributed by atoms with Crippen LogP contribution in [0.2, 0.25) is 0 Å². The van der Waals surface area contributed by atoms with Gasteiger partial charge in [0.2, 0.25) is 0 Å². The smallest absolute Gasteiger partial charge is 0.0551 e. The summed E-state index contributed by atoms with van der Waals surface area (Å²) in [7, 11) is 0. The predicted octanol–water partition coefficient (Wildman–Crippen LogP) is 3.23. The summed E-state index contributed by atoms with van der Waals surface area (Å²) in [5, 5.41) is 3.54. The van der Waals surface area contributed by atoms with Gasteiger partial charge in [-0.25, -0.2) is 0 Å². The van der Waals surface area contributed by atoms with Crippen molar-refractivity contribution in [1.82, 2.24) is 5.32 Å². The fraction of sp³-hybridized carbons (Fsp3) is 0.667. The second kappa shape index (κ2) is 7.81. The van der Waals surface area contributed by atoms with Crippen LogP contribution in [0.3, 0.4) is 0 Å². The molecule has 0 radical (unpaired) electrons. The zero-order valence-corrected chi connectivity index (χ0v) is 13.8. The summed E-state index contributed by atoms with van der Waals surface area (Å²) in [4.78, 5) is 2.50. The Morgan fingerprint density at radius 3 is 2.81 bits per heavy atom. The summed E-state index contributed by atoms with van der Waals surface area (Å²) in [5.41, 5.74) is 2.90. The van der Waals surface area contributed by atoms with Crippen LogP contribution >= 0.6 is 0 Å². The van der Waals surface area contributed by atoms with E-state index in [2.05, 4.69) is 55.3 Å². The molecule has 3 nitrogen and oxygen atoms in total. The van der Waals surface area contributed by atoms with Crippen LogP contribution in [0.5, 0.6) is 0 Å². The number of anilines is 1. The van der Waals surface area contributed by atoms with Gasteiger partial charge in [-0.2, -0.15) is 0 Å². The van der Waals surface area contributed by atoms with Crippen molar-refractivity contribution >= 4 is 5.69 Å². The maximum Gasteiger partial charge on any atom is 0.0551 e. The van der Waals surface area contributed by atoms with Gasteiger partial charge in [0.1, 0.15) is 0 Å². The lowest BCUT2D eigenvalue weighted by Gasteiger charge is -2.41. The summed E-state index contributed by atoms with van der Waals surface area (Å²) in [6, 6.07) is 8.83. The molecule has 1 N–H and O–H groups in total. The van der Waals surface area contributed by atoms with Crippen LogP contribution in [0, 0.1) is 12.3 Å². The van der Waals surface area contributed by atoms with Crippen molar-refractivity contribution in [3.63, 3.8) is 0 Å². The molecule has 1 aliphatic rings. The van der Waals surface area contributed by atoms with Gasteiger partial charge in [-0.05, 0) is 50.9 Å². The van der Waals surface area contributed by atoms with E-state index in [-0.39, 0.29) is 5.41 Å². The number of nitrogens with one attached hydrogen (secondary N) is 1. The van der Waals surface area contributed by atoms with Crippen molar-refractivity contribution in [2.45, 2.75) is 33.6 Å². The Bertz CT molecular complexity index is 427. The Hall–Kier alpha value is -1.06. The van der Waals surface area contributed by atoms with E-state index in [1.807, 2.05) is 0 Å². The van der Waals surface area contributed by atoms with Crippen LogP contribution in [0.15, 0.2) is 24.3 Å². The number of hydrogen-bond donors (Lipinski definition) is 1. The average Bonchev–Trinajstić information content (AvgIpc) is 2.52. The Kier molecular flexibility index (Phi) is 6.07. The van der Waals surface area contributed by atoms with Gasteiger partial charge in [-0.15, -0.1) is 0 Å². The average molecular weight is 290 g/mol. The molecule has 3 heteroatoms. The standard InChI is InChI=1S/C18H30N2O/c1-4-19-13-18(10-7-11-21-15-18)14-20(5-2)17-9-6-8-16(3)12-17/h6,8-9,12,19H,4-5,7,10-11,13-15H2,1-3H3. The van der Waals surface area contributed by atoms with Crippen LogP contribution in [0.1, 0.15) is 32.3 Å². The van der Waals surface area contributed by atoms with Gasteiger partial charge in [0.15, 0.2) is 0 Å². The minimum Gasteiger partial charge on any atom is -0.381 e. The van der Waals surface area contributed by atoms with Gasteiger partial charge >= 0.3 is 0 Å². The summed E-state index contributed by atoms with van der Waals surface area (Å²) in [6.45, 7) is 12.6. The molecule has 1 fully saturated rings. The molecule has 0 spiro atoms. The highest BCUT2D eigenvalue weighted by Gasteiger charge is 2.34. The molecule has 1 heterocycles. The number of rotatable bonds is 7. The third-order valence-electron chi connectivity index (χ3n) is 4.43. The van der Waals surface area contributed by atoms with Crippen LogP contribution in [0.4, 0.5) is 5.69 Å². The first-order valence-corrected chi connectivity index (χ1v) is 8.29. The predicted molar refractivity (Wildman–Crippen MR) is 90.1 cm³/mol. The quantitative estimate of drug-likeness (QED) is 0.834. The maximum absolute atomic E-state index is 5.82. The van der Waals surface area contributed by atoms with Gasteiger partial charge < -0.3 is 15.0 Å². The number of aryl methyl sites for hydroxylation is 1. The molecule has 1 aromatic carbocycles. The van der Waals surface area contributed by atoms with Crippen molar-refractivity contribution in [2.24, 2.45) is 5.41 Å². The van der Waals surface area contributed by atoms with E-state index in [4.69, 9.17) is 4.74 Å². The fourth-order valence-electron chi connectivity index (χ4n) is 3.24. The highest BCUT2D eigenvalue weighted by Crippen LogP contribution is 2.31. The van der Waals surface area contributed by atoms with E-state index in [0.29, 0.717) is 0 Å². The van der Waals surface area contributed by atoms with Crippen LogP contribution in [-0.4, -0.2) is 39.4 Å². The highest BCUT2D eigenvalue weighted by atomic mass is 16.5. The first-order valence-electron chi connectivity index (χ1n) is 8.29. The van der Waals surface area contributed by atoms with E-state index in [1.54, 1.807) is 0 Å². The summed E-state index contributed by atoms with van der Waals surface area (Å²) < 4.78 is 5.82. The summed E-state index contributed by atoms with van der Waals surface area (Å²) in [6.07, 6.45) is 2.43. The van der Waals surface area contributed by atoms with Gasteiger partial charge in [-0.1, -0.05) is 19.1 Å². The second-order valence-electron chi connectivity index (χ2n) is 6.29. The summed E-state index contributed by atoms with van der Waals surface area (Å²) in [5.74, 6) is 0. The first-order chi connectivity index (χ1) is 10.2. The normalized spacial score (nSPS) is 22.2. The molecular formula is C18H30N2O. The van der Waals surface area contributed by atoms with Gasteiger partial charge in [0.05, 0.1) is 6.61 Å². The Balaban J connectivity index is 2.12. The minimum absolute atomic E-state index is 0.244. The third-order valence-corrected chi connectivity index (χ3v) is 4.43. The number of ether oxygens (including phenoxy) is 1. The van der Waals surface area contributed by atoms with E-state index >= 15 is 0 Å². The van der Waals surface area contributed by atoms with Crippen LogP contribution in [-0.2, 0) is 4.74 Å². The highest BCUT2D eigenvalue weighted by molar-refractivity contribution is 5.48. The van der Waals surface area contributed by atoms with E-state index < -0.39 is 0 Å². The Labute approximate surface area is 129 Å². The molecular weight excluding hydrogens is 260 g/mol. The zero-order valence-electron chi connectivity index (χ0n) is 13.8. The Morgan fingerprint density at radius 2 is 2.19 bits per heavy atom. The van der Waals surface area contributed by atoms with E-state index in [1.165, 1.54) is 24.1 Å². The molecule has 1 saturated heterocycles. The SMILES string of the molecule is CCNCC1(CN(CC)c2cccc(C)c2)CCCOC1. The second-order valence-corrected chi connectivity index (χ2v) is 6.29. The van der Waals surface area contributed by atoms with Crippen molar-refractivity contribution in [3.8, 4) is 0 Å². The molecule has 1 unspecified atom stereocenters. The molecule has 118 valence electrons. The molecule has 1 aliphatic heterocycles. The van der Waals surface area contributed by atoms with Gasteiger partial charge in [0.25, 0.3) is 0 Å². The van der Waals surface area contributed by atoms with Crippen molar-refractivity contribution in [1.29, 1.82) is 0 Å². The topological polar surface area (TPSA) is 24.5 Å². The lowest BCUT2D eigenvalue weighted by Crippen LogP contribution is -2.49. The molecule has 0 aliphatic carbocycles. The van der Waals surface area contributed by atoms with Gasteiger partial charge in [-0.3, -0.25) is 0 Å². The van der Waals surface area contributed by atoms with Crippen LogP contribution in [0.25, 0.3) is 0 Å². The molecule has 0 saturated carbocycles. The Morgan fingerprint density at radius 1 is 1.33 bits per heavy atom. The molecule has 1 aromatic rings. The number of hydrogen-bond acceptors (Lipinski definition) is 3. The molecule has 0 aromatic heterocycles. The largest absolute Gasteiger partial charge is 0.381 e. The van der Waals surface area contributed by atoms with Crippen molar-refractivity contribution in [3.05, 3.63) is 29.8 Å². The van der Waals surface area contributed by atoms with Crippen LogP contribution < -0.4 is 10.2 Å². The first kappa shape index (κ1) is 16.3. The summed E-state index contributed by atoms with van der Waals surface area (Å²) >= 11 is 0. The van der Waals surface area contributed by atoms with Crippen molar-refractivity contribution < 1.29 is 4.74 Å². The molecule has 21 heavy (non-hydrogen) atoms. The van der Waals surface area contributed by atoms with E-state index in [9.17, 15) is 0 Å². The number of benzene rings is 1. The monoisotopic (exact) mass is 290 g/mol. The molecule has 0 amide bonds. The molecule has 0 bridgehead atoms. The molecule has 1 atom stereocenters. The van der Waals surface area contributed by atoms with E-state index in [0.717, 1.165) is 39.4 Å². The lowest BCUT2D eigenvalue weighted by atomic mass is 9.81. The maximum atomic E-state index is 5.82. The third kappa shape index (κ3) is 4.45. The zero-order chi connectivity index (χ0) is 15.1. The number of nitrogens with zero attached hydrogens (tertiary/aromatic N) is 1. The van der Waals surface area contributed by atoms with Crippen molar-refractivity contribution in [2.75, 3.05) is 44.3 Å². The van der Waals surface area contributed by atoms with Gasteiger partial charge in [0, 0.05) is 37.3 Å².